The van der Waals surface area contributed by atoms with Crippen LogP contribution in [0.1, 0.15) is 41.7 Å². The molecule has 0 bridgehead atoms. The molecule has 2 rings (SSSR count). The molecule has 0 aliphatic rings. The van der Waals surface area contributed by atoms with Crippen LogP contribution in [0.4, 0.5) is 0 Å². The third-order valence-electron chi connectivity index (χ3n) is 3.58. The number of aromatic nitrogens is 2. The van der Waals surface area contributed by atoms with Crippen molar-refractivity contribution in [3.63, 3.8) is 0 Å². The van der Waals surface area contributed by atoms with Gasteiger partial charge < -0.3 is 0 Å². The van der Waals surface area contributed by atoms with Gasteiger partial charge in [0, 0.05) is 18.3 Å². The van der Waals surface area contributed by atoms with Gasteiger partial charge >= 0.3 is 0 Å². The van der Waals surface area contributed by atoms with Gasteiger partial charge in [-0.3, -0.25) is 16.0 Å². The lowest BCUT2D eigenvalue weighted by atomic mass is 10.0. The zero-order valence-electron chi connectivity index (χ0n) is 12.1. The SMILES string of the molecule is CCc1ccsc1C(Cc1c(Br)c(CC)nn1C)NN. The highest BCUT2D eigenvalue weighted by Crippen LogP contribution is 2.30. The van der Waals surface area contributed by atoms with Crippen LogP contribution in [0.3, 0.4) is 0 Å². The summed E-state index contributed by atoms with van der Waals surface area (Å²) in [5, 5.41) is 6.68. The number of nitrogens with two attached hydrogens (primary N) is 1. The van der Waals surface area contributed by atoms with Crippen LogP contribution in [0.15, 0.2) is 15.9 Å². The minimum Gasteiger partial charge on any atom is -0.271 e. The largest absolute Gasteiger partial charge is 0.271 e. The van der Waals surface area contributed by atoms with Gasteiger partial charge in [-0.1, -0.05) is 13.8 Å². The molecular weight excluding hydrogens is 336 g/mol. The van der Waals surface area contributed by atoms with E-state index >= 15 is 0 Å². The summed E-state index contributed by atoms with van der Waals surface area (Å²) in [6, 6.07) is 2.31. The molecule has 4 nitrogen and oxygen atoms in total. The molecule has 0 saturated carbocycles. The third kappa shape index (κ3) is 2.98. The fraction of sp³-hybridized carbons (Fsp3) is 0.500. The number of rotatable bonds is 6. The van der Waals surface area contributed by atoms with Gasteiger partial charge in [-0.05, 0) is 45.8 Å². The topological polar surface area (TPSA) is 55.9 Å². The first-order valence-corrected chi connectivity index (χ1v) is 8.52. The van der Waals surface area contributed by atoms with Crippen molar-refractivity contribution in [3.8, 4) is 0 Å². The van der Waals surface area contributed by atoms with E-state index in [0.717, 1.165) is 29.4 Å². The van der Waals surface area contributed by atoms with Gasteiger partial charge in [0.05, 0.1) is 21.9 Å². The second-order valence-corrected chi connectivity index (χ2v) is 6.51. The summed E-state index contributed by atoms with van der Waals surface area (Å²) in [6.45, 7) is 4.29. The molecular formula is C14H21BrN4S. The van der Waals surface area contributed by atoms with E-state index in [1.165, 1.54) is 16.1 Å². The smallest absolute Gasteiger partial charge is 0.0766 e. The number of halogens is 1. The molecule has 0 radical (unpaired) electrons. The van der Waals surface area contributed by atoms with Crippen molar-refractivity contribution in [1.29, 1.82) is 0 Å². The van der Waals surface area contributed by atoms with Gasteiger partial charge in [-0.2, -0.15) is 5.10 Å². The molecule has 0 aliphatic carbocycles. The Hall–Kier alpha value is -0.690. The predicted molar refractivity (Wildman–Crippen MR) is 87.8 cm³/mol. The van der Waals surface area contributed by atoms with Crippen molar-refractivity contribution in [3.05, 3.63) is 37.7 Å². The maximum atomic E-state index is 5.79. The van der Waals surface area contributed by atoms with Crippen LogP contribution < -0.4 is 11.3 Å². The van der Waals surface area contributed by atoms with Crippen LogP contribution >= 0.6 is 27.3 Å². The molecule has 1 unspecified atom stereocenters. The monoisotopic (exact) mass is 356 g/mol. The number of nitrogens with zero attached hydrogens (tertiary/aromatic N) is 2. The van der Waals surface area contributed by atoms with Crippen molar-refractivity contribution in [2.45, 2.75) is 39.2 Å². The summed E-state index contributed by atoms with van der Waals surface area (Å²) in [4.78, 5) is 1.32. The average Bonchev–Trinajstić information content (AvgIpc) is 3.02. The van der Waals surface area contributed by atoms with E-state index in [1.54, 1.807) is 11.3 Å². The highest BCUT2D eigenvalue weighted by molar-refractivity contribution is 9.10. The second-order valence-electron chi connectivity index (χ2n) is 4.77. The first-order chi connectivity index (χ1) is 9.62. The van der Waals surface area contributed by atoms with Crippen molar-refractivity contribution in [2.75, 3.05) is 0 Å². The van der Waals surface area contributed by atoms with Gasteiger partial charge in [0.2, 0.25) is 0 Å². The predicted octanol–water partition coefficient (Wildman–Crippen LogP) is 3.12. The molecule has 110 valence electrons. The normalized spacial score (nSPS) is 12.8. The Morgan fingerprint density at radius 1 is 1.45 bits per heavy atom. The Balaban J connectivity index is 2.29. The first-order valence-electron chi connectivity index (χ1n) is 6.84. The summed E-state index contributed by atoms with van der Waals surface area (Å²) in [6.07, 6.45) is 2.78. The Morgan fingerprint density at radius 2 is 2.20 bits per heavy atom. The summed E-state index contributed by atoms with van der Waals surface area (Å²) in [5.41, 5.74) is 6.60. The number of hydrogen-bond donors (Lipinski definition) is 2. The van der Waals surface area contributed by atoms with Crippen molar-refractivity contribution in [1.82, 2.24) is 15.2 Å². The lowest BCUT2D eigenvalue weighted by Gasteiger charge is -2.16. The molecule has 0 aliphatic heterocycles. The Morgan fingerprint density at radius 3 is 2.75 bits per heavy atom. The first kappa shape index (κ1) is 15.7. The van der Waals surface area contributed by atoms with Gasteiger partial charge in [0.25, 0.3) is 0 Å². The molecule has 2 aromatic rings. The minimum absolute atomic E-state index is 0.126. The highest BCUT2D eigenvalue weighted by atomic mass is 79.9. The number of aryl methyl sites for hydroxylation is 3. The van der Waals surface area contributed by atoms with Gasteiger partial charge in [-0.25, -0.2) is 0 Å². The number of hydrazine groups is 1. The van der Waals surface area contributed by atoms with Crippen LogP contribution in [-0.2, 0) is 26.3 Å². The summed E-state index contributed by atoms with van der Waals surface area (Å²) < 4.78 is 3.06. The number of thiophene rings is 1. The molecule has 20 heavy (non-hydrogen) atoms. The Labute approximate surface area is 132 Å². The van der Waals surface area contributed by atoms with E-state index in [4.69, 9.17) is 5.84 Å². The molecule has 3 N–H and O–H groups in total. The summed E-state index contributed by atoms with van der Waals surface area (Å²) >= 11 is 5.43. The van der Waals surface area contributed by atoms with Gasteiger partial charge in [-0.15, -0.1) is 11.3 Å². The maximum absolute atomic E-state index is 5.79. The van der Waals surface area contributed by atoms with E-state index in [2.05, 4.69) is 51.7 Å². The van der Waals surface area contributed by atoms with E-state index in [9.17, 15) is 0 Å². The standard InChI is InChI=1S/C14H21BrN4S/c1-4-9-6-7-20-14(9)11(17-16)8-12-13(15)10(5-2)18-19(12)3/h6-7,11,17H,4-5,8,16H2,1-3H3. The molecule has 6 heteroatoms. The highest BCUT2D eigenvalue weighted by Gasteiger charge is 2.20. The third-order valence-corrected chi connectivity index (χ3v) is 5.57. The number of hydrogen-bond acceptors (Lipinski definition) is 4. The minimum atomic E-state index is 0.126. The van der Waals surface area contributed by atoms with Gasteiger partial charge in [0.15, 0.2) is 0 Å². The van der Waals surface area contributed by atoms with Crippen LogP contribution in [0.25, 0.3) is 0 Å². The van der Waals surface area contributed by atoms with Crippen LogP contribution in [0.2, 0.25) is 0 Å². The molecule has 0 saturated heterocycles. The zero-order chi connectivity index (χ0) is 14.7. The molecule has 0 amide bonds. The lowest BCUT2D eigenvalue weighted by molar-refractivity contribution is 0.533. The summed E-state index contributed by atoms with van der Waals surface area (Å²) in [5.74, 6) is 5.79. The fourth-order valence-corrected chi connectivity index (χ4v) is 4.24. The van der Waals surface area contributed by atoms with Crippen molar-refractivity contribution in [2.24, 2.45) is 12.9 Å². The van der Waals surface area contributed by atoms with E-state index in [0.29, 0.717) is 0 Å². The Bertz CT molecular complexity index is 576. The van der Waals surface area contributed by atoms with E-state index in [-0.39, 0.29) is 6.04 Å². The van der Waals surface area contributed by atoms with Crippen molar-refractivity contribution >= 4 is 27.3 Å². The molecule has 2 heterocycles. The maximum Gasteiger partial charge on any atom is 0.0766 e. The Kier molecular flexibility index (Phi) is 5.37. The second kappa shape index (κ2) is 6.85. The molecule has 0 aromatic carbocycles. The fourth-order valence-electron chi connectivity index (χ4n) is 2.41. The molecule has 2 aromatic heterocycles. The van der Waals surface area contributed by atoms with Crippen molar-refractivity contribution < 1.29 is 0 Å². The lowest BCUT2D eigenvalue weighted by Crippen LogP contribution is -2.30. The van der Waals surface area contributed by atoms with Crippen LogP contribution in [0, 0.1) is 0 Å². The van der Waals surface area contributed by atoms with E-state index < -0.39 is 0 Å². The van der Waals surface area contributed by atoms with Gasteiger partial charge in [0.1, 0.15) is 0 Å². The van der Waals surface area contributed by atoms with Crippen LogP contribution in [0.5, 0.6) is 0 Å². The van der Waals surface area contributed by atoms with E-state index in [1.807, 2.05) is 11.7 Å². The average molecular weight is 357 g/mol. The quantitative estimate of drug-likeness (QED) is 0.617. The molecule has 0 spiro atoms. The molecule has 0 fully saturated rings. The summed E-state index contributed by atoms with van der Waals surface area (Å²) in [7, 11) is 1.99. The number of nitrogens with one attached hydrogen (secondary N) is 1. The molecule has 1 atom stereocenters. The zero-order valence-corrected chi connectivity index (χ0v) is 14.5. The van der Waals surface area contributed by atoms with Crippen LogP contribution in [-0.4, -0.2) is 9.78 Å².